The quantitative estimate of drug-likeness (QED) is 0.669. The molecule has 2 aromatic carbocycles. The summed E-state index contributed by atoms with van der Waals surface area (Å²) in [6, 6.07) is 13.7. The van der Waals surface area contributed by atoms with Gasteiger partial charge in [0.1, 0.15) is 5.69 Å². The van der Waals surface area contributed by atoms with E-state index in [1.54, 1.807) is 0 Å². The first-order chi connectivity index (χ1) is 13.3. The standard InChI is InChI=1S/C20H17F3N4O/c1-13-4-2-5-14(10-13)12-25-19-24-9-8-17(27-19)18(28)26-16-7-3-6-15(11-16)20(21,22)23/h2-11H,12H2,1H3,(H,26,28)(H,24,25,27). The summed E-state index contributed by atoms with van der Waals surface area (Å²) < 4.78 is 38.4. The molecule has 2 N–H and O–H groups in total. The first-order valence-electron chi connectivity index (χ1n) is 8.42. The lowest BCUT2D eigenvalue weighted by molar-refractivity contribution is -0.137. The van der Waals surface area contributed by atoms with Crippen LogP contribution in [0, 0.1) is 6.92 Å². The summed E-state index contributed by atoms with van der Waals surface area (Å²) in [7, 11) is 0. The zero-order valence-electron chi connectivity index (χ0n) is 14.9. The molecule has 0 radical (unpaired) electrons. The van der Waals surface area contributed by atoms with Crippen LogP contribution in [0.25, 0.3) is 0 Å². The lowest BCUT2D eigenvalue weighted by Crippen LogP contribution is -2.16. The molecule has 28 heavy (non-hydrogen) atoms. The number of amides is 1. The van der Waals surface area contributed by atoms with E-state index in [9.17, 15) is 18.0 Å². The molecule has 0 spiro atoms. The molecule has 3 rings (SSSR count). The van der Waals surface area contributed by atoms with Crippen LogP contribution in [0.15, 0.2) is 60.8 Å². The number of carbonyl (C=O) groups is 1. The Labute approximate surface area is 159 Å². The topological polar surface area (TPSA) is 66.9 Å². The number of anilines is 2. The Hall–Kier alpha value is -3.42. The maximum Gasteiger partial charge on any atom is 0.416 e. The molecular weight excluding hydrogens is 369 g/mol. The van der Waals surface area contributed by atoms with E-state index >= 15 is 0 Å². The lowest BCUT2D eigenvalue weighted by Gasteiger charge is -2.10. The van der Waals surface area contributed by atoms with Crippen LogP contribution < -0.4 is 10.6 Å². The molecule has 1 aromatic heterocycles. The molecule has 0 aliphatic rings. The normalized spacial score (nSPS) is 11.1. The Morgan fingerprint density at radius 2 is 1.86 bits per heavy atom. The number of hydrogen-bond acceptors (Lipinski definition) is 4. The molecule has 0 unspecified atom stereocenters. The lowest BCUT2D eigenvalue weighted by atomic mass is 10.1. The van der Waals surface area contributed by atoms with Crippen molar-refractivity contribution in [2.24, 2.45) is 0 Å². The molecule has 0 fully saturated rings. The molecule has 0 aliphatic heterocycles. The fourth-order valence-corrected chi connectivity index (χ4v) is 2.54. The molecule has 0 atom stereocenters. The SMILES string of the molecule is Cc1cccc(CNc2nccc(C(=O)Nc3cccc(C(F)(F)F)c3)n2)c1. The number of benzene rings is 2. The van der Waals surface area contributed by atoms with Crippen LogP contribution in [0.2, 0.25) is 0 Å². The Morgan fingerprint density at radius 1 is 1.07 bits per heavy atom. The molecule has 1 heterocycles. The third-order valence-electron chi connectivity index (χ3n) is 3.87. The van der Waals surface area contributed by atoms with Gasteiger partial charge in [0, 0.05) is 18.4 Å². The number of carbonyl (C=O) groups excluding carboxylic acids is 1. The second-order valence-electron chi connectivity index (χ2n) is 6.14. The minimum Gasteiger partial charge on any atom is -0.350 e. The van der Waals surface area contributed by atoms with E-state index in [1.165, 1.54) is 24.4 Å². The number of aryl methyl sites for hydroxylation is 1. The first-order valence-corrected chi connectivity index (χ1v) is 8.42. The first kappa shape index (κ1) is 19.3. The number of aromatic nitrogens is 2. The number of nitrogens with zero attached hydrogens (tertiary/aromatic N) is 2. The predicted octanol–water partition coefficient (Wildman–Crippen LogP) is 4.67. The molecule has 3 aromatic rings. The Kier molecular flexibility index (Phi) is 5.58. The smallest absolute Gasteiger partial charge is 0.350 e. The van der Waals surface area contributed by atoms with E-state index in [2.05, 4.69) is 20.6 Å². The van der Waals surface area contributed by atoms with Gasteiger partial charge in [0.05, 0.1) is 5.56 Å². The molecule has 8 heteroatoms. The third-order valence-corrected chi connectivity index (χ3v) is 3.87. The Bertz CT molecular complexity index is 989. The van der Waals surface area contributed by atoms with Gasteiger partial charge < -0.3 is 10.6 Å². The number of alkyl halides is 3. The molecule has 0 aliphatic carbocycles. The van der Waals surface area contributed by atoms with Gasteiger partial charge in [-0.15, -0.1) is 0 Å². The molecule has 0 saturated heterocycles. The van der Waals surface area contributed by atoms with Gasteiger partial charge >= 0.3 is 6.18 Å². The zero-order chi connectivity index (χ0) is 20.1. The highest BCUT2D eigenvalue weighted by atomic mass is 19.4. The van der Waals surface area contributed by atoms with Crippen molar-refractivity contribution in [3.05, 3.63) is 83.2 Å². The maximum atomic E-state index is 12.8. The second kappa shape index (κ2) is 8.08. The molecular formula is C20H17F3N4O. The van der Waals surface area contributed by atoms with Gasteiger partial charge in [0.2, 0.25) is 5.95 Å². The molecule has 5 nitrogen and oxygen atoms in total. The van der Waals surface area contributed by atoms with Gasteiger partial charge in [-0.25, -0.2) is 9.97 Å². The Balaban J connectivity index is 1.68. The van der Waals surface area contributed by atoms with Gasteiger partial charge in [-0.05, 0) is 36.8 Å². The largest absolute Gasteiger partial charge is 0.416 e. The second-order valence-corrected chi connectivity index (χ2v) is 6.14. The Morgan fingerprint density at radius 3 is 2.61 bits per heavy atom. The van der Waals surface area contributed by atoms with Gasteiger partial charge in [-0.3, -0.25) is 4.79 Å². The van der Waals surface area contributed by atoms with Crippen LogP contribution in [0.5, 0.6) is 0 Å². The van der Waals surface area contributed by atoms with E-state index in [0.717, 1.165) is 23.3 Å². The molecule has 1 amide bonds. The summed E-state index contributed by atoms with van der Waals surface area (Å²) in [4.78, 5) is 20.5. The summed E-state index contributed by atoms with van der Waals surface area (Å²) in [5, 5.41) is 5.45. The zero-order valence-corrected chi connectivity index (χ0v) is 14.9. The summed E-state index contributed by atoms with van der Waals surface area (Å²) in [6.07, 6.45) is -3.07. The van der Waals surface area contributed by atoms with Gasteiger partial charge in [-0.1, -0.05) is 35.9 Å². The highest BCUT2D eigenvalue weighted by molar-refractivity contribution is 6.03. The number of nitrogens with one attached hydrogen (secondary N) is 2. The average Bonchev–Trinajstić information content (AvgIpc) is 2.66. The highest BCUT2D eigenvalue weighted by Gasteiger charge is 2.30. The van der Waals surface area contributed by atoms with Crippen LogP contribution in [-0.4, -0.2) is 15.9 Å². The molecule has 0 saturated carbocycles. The fraction of sp³-hybridized carbons (Fsp3) is 0.150. The van der Waals surface area contributed by atoms with E-state index in [4.69, 9.17) is 0 Å². The third kappa shape index (κ3) is 5.06. The van der Waals surface area contributed by atoms with Crippen molar-refractivity contribution in [2.75, 3.05) is 10.6 Å². The van der Waals surface area contributed by atoms with Crippen molar-refractivity contribution in [3.63, 3.8) is 0 Å². The maximum absolute atomic E-state index is 12.8. The van der Waals surface area contributed by atoms with Crippen LogP contribution in [0.3, 0.4) is 0 Å². The monoisotopic (exact) mass is 386 g/mol. The minimum atomic E-state index is -4.48. The summed E-state index contributed by atoms with van der Waals surface area (Å²) in [5.41, 5.74) is 1.39. The highest BCUT2D eigenvalue weighted by Crippen LogP contribution is 2.30. The van der Waals surface area contributed by atoms with E-state index in [1.807, 2.05) is 31.2 Å². The summed E-state index contributed by atoms with van der Waals surface area (Å²) in [6.45, 7) is 2.46. The van der Waals surface area contributed by atoms with Crippen molar-refractivity contribution in [3.8, 4) is 0 Å². The van der Waals surface area contributed by atoms with Crippen LogP contribution in [-0.2, 0) is 12.7 Å². The predicted molar refractivity (Wildman–Crippen MR) is 99.9 cm³/mol. The van der Waals surface area contributed by atoms with Crippen molar-refractivity contribution in [1.82, 2.24) is 9.97 Å². The van der Waals surface area contributed by atoms with Gasteiger partial charge in [0.15, 0.2) is 0 Å². The van der Waals surface area contributed by atoms with Crippen molar-refractivity contribution < 1.29 is 18.0 Å². The van der Waals surface area contributed by atoms with Crippen molar-refractivity contribution >= 4 is 17.5 Å². The van der Waals surface area contributed by atoms with Gasteiger partial charge in [-0.2, -0.15) is 13.2 Å². The molecule has 144 valence electrons. The fourth-order valence-electron chi connectivity index (χ4n) is 2.54. The van der Waals surface area contributed by atoms with Crippen molar-refractivity contribution in [1.29, 1.82) is 0 Å². The number of rotatable bonds is 5. The van der Waals surface area contributed by atoms with Crippen LogP contribution in [0.4, 0.5) is 24.8 Å². The van der Waals surface area contributed by atoms with E-state index in [0.29, 0.717) is 6.54 Å². The number of hydrogen-bond donors (Lipinski definition) is 2. The molecule has 0 bridgehead atoms. The van der Waals surface area contributed by atoms with E-state index in [-0.39, 0.29) is 17.3 Å². The van der Waals surface area contributed by atoms with Gasteiger partial charge in [0.25, 0.3) is 5.91 Å². The average molecular weight is 386 g/mol. The summed E-state index contributed by atoms with van der Waals surface area (Å²) in [5.74, 6) is -0.376. The van der Waals surface area contributed by atoms with Crippen LogP contribution in [0.1, 0.15) is 27.2 Å². The van der Waals surface area contributed by atoms with E-state index < -0.39 is 17.6 Å². The van der Waals surface area contributed by atoms with Crippen LogP contribution >= 0.6 is 0 Å². The van der Waals surface area contributed by atoms with Crippen molar-refractivity contribution in [2.45, 2.75) is 19.6 Å². The summed E-state index contributed by atoms with van der Waals surface area (Å²) >= 11 is 0. The number of halogens is 3. The minimum absolute atomic E-state index is 0.0349.